The number of benzene rings is 2. The van der Waals surface area contributed by atoms with Crippen LogP contribution in [-0.2, 0) is 13.1 Å². The zero-order valence-corrected chi connectivity index (χ0v) is 10.9. The fourth-order valence-corrected chi connectivity index (χ4v) is 2.18. The van der Waals surface area contributed by atoms with Crippen molar-refractivity contribution in [1.29, 1.82) is 0 Å². The zero-order chi connectivity index (χ0) is 13.1. The maximum atomic E-state index is 5.16. The van der Waals surface area contributed by atoms with Gasteiger partial charge in [0.25, 0.3) is 0 Å². The van der Waals surface area contributed by atoms with Crippen LogP contribution in [0.25, 0.3) is 10.8 Å². The molecule has 3 heteroatoms. The monoisotopic (exact) mass is 252 g/mol. The SMILES string of the molecule is Cc1cc(CNCc2ccc3ccccc3c2)on1. The molecule has 0 radical (unpaired) electrons. The normalized spacial score (nSPS) is 11.0. The number of nitrogens with zero attached hydrogens (tertiary/aromatic N) is 1. The Morgan fingerprint density at radius 2 is 1.84 bits per heavy atom. The van der Waals surface area contributed by atoms with Gasteiger partial charge in [-0.05, 0) is 29.3 Å². The maximum absolute atomic E-state index is 5.16. The molecule has 0 amide bonds. The molecule has 96 valence electrons. The van der Waals surface area contributed by atoms with E-state index in [1.807, 2.05) is 13.0 Å². The molecule has 0 unspecified atom stereocenters. The highest BCUT2D eigenvalue weighted by Crippen LogP contribution is 2.15. The molecule has 1 heterocycles. The number of aryl methyl sites for hydroxylation is 1. The van der Waals surface area contributed by atoms with Gasteiger partial charge in [-0.3, -0.25) is 0 Å². The van der Waals surface area contributed by atoms with Gasteiger partial charge in [0.2, 0.25) is 0 Å². The summed E-state index contributed by atoms with van der Waals surface area (Å²) < 4.78 is 5.16. The Morgan fingerprint density at radius 3 is 2.63 bits per heavy atom. The smallest absolute Gasteiger partial charge is 0.150 e. The summed E-state index contributed by atoms with van der Waals surface area (Å²) in [6, 6.07) is 16.9. The molecule has 19 heavy (non-hydrogen) atoms. The van der Waals surface area contributed by atoms with E-state index in [1.165, 1.54) is 16.3 Å². The number of rotatable bonds is 4. The summed E-state index contributed by atoms with van der Waals surface area (Å²) in [5, 5.41) is 9.78. The zero-order valence-electron chi connectivity index (χ0n) is 10.9. The number of aromatic nitrogens is 1. The largest absolute Gasteiger partial charge is 0.360 e. The average Bonchev–Trinajstić information content (AvgIpc) is 2.84. The van der Waals surface area contributed by atoms with Gasteiger partial charge in [-0.1, -0.05) is 41.6 Å². The van der Waals surface area contributed by atoms with Gasteiger partial charge in [-0.2, -0.15) is 0 Å². The van der Waals surface area contributed by atoms with Gasteiger partial charge in [0.05, 0.1) is 12.2 Å². The molecule has 3 aromatic rings. The molecule has 2 aromatic carbocycles. The second-order valence-electron chi connectivity index (χ2n) is 4.72. The van der Waals surface area contributed by atoms with E-state index in [-0.39, 0.29) is 0 Å². The van der Waals surface area contributed by atoms with Crippen molar-refractivity contribution in [3.63, 3.8) is 0 Å². The quantitative estimate of drug-likeness (QED) is 0.773. The molecule has 3 rings (SSSR count). The molecule has 0 fully saturated rings. The van der Waals surface area contributed by atoms with Crippen LogP contribution in [0, 0.1) is 6.92 Å². The van der Waals surface area contributed by atoms with Crippen molar-refractivity contribution in [2.45, 2.75) is 20.0 Å². The van der Waals surface area contributed by atoms with Crippen LogP contribution in [-0.4, -0.2) is 5.16 Å². The molecule has 0 atom stereocenters. The standard InChI is InChI=1S/C16H16N2O/c1-12-8-16(19-18-12)11-17-10-13-6-7-14-4-2-3-5-15(14)9-13/h2-9,17H,10-11H2,1H3. The van der Waals surface area contributed by atoms with Crippen LogP contribution >= 0.6 is 0 Å². The Hall–Kier alpha value is -2.13. The minimum Gasteiger partial charge on any atom is -0.360 e. The van der Waals surface area contributed by atoms with E-state index in [9.17, 15) is 0 Å². The predicted octanol–water partition coefficient (Wildman–Crippen LogP) is 3.43. The summed E-state index contributed by atoms with van der Waals surface area (Å²) in [7, 11) is 0. The van der Waals surface area contributed by atoms with Gasteiger partial charge in [0.15, 0.2) is 5.76 Å². The van der Waals surface area contributed by atoms with Crippen molar-refractivity contribution >= 4 is 10.8 Å². The van der Waals surface area contributed by atoms with Crippen LogP contribution in [0.15, 0.2) is 53.1 Å². The van der Waals surface area contributed by atoms with Crippen molar-refractivity contribution < 1.29 is 4.52 Å². The van der Waals surface area contributed by atoms with Crippen LogP contribution in [0.5, 0.6) is 0 Å². The third-order valence-corrected chi connectivity index (χ3v) is 3.12. The molecule has 0 aliphatic rings. The first-order valence-corrected chi connectivity index (χ1v) is 6.42. The lowest BCUT2D eigenvalue weighted by Crippen LogP contribution is -2.12. The molecule has 3 nitrogen and oxygen atoms in total. The Labute approximate surface area is 112 Å². The van der Waals surface area contributed by atoms with E-state index in [4.69, 9.17) is 4.52 Å². The summed E-state index contributed by atoms with van der Waals surface area (Å²) in [4.78, 5) is 0. The van der Waals surface area contributed by atoms with Gasteiger partial charge in [-0.15, -0.1) is 0 Å². The topological polar surface area (TPSA) is 38.1 Å². The van der Waals surface area contributed by atoms with Crippen LogP contribution in [0.4, 0.5) is 0 Å². The summed E-state index contributed by atoms with van der Waals surface area (Å²) >= 11 is 0. The summed E-state index contributed by atoms with van der Waals surface area (Å²) in [5.74, 6) is 0.873. The summed E-state index contributed by atoms with van der Waals surface area (Å²) in [6.45, 7) is 3.45. The van der Waals surface area contributed by atoms with Crippen LogP contribution in [0.1, 0.15) is 17.0 Å². The van der Waals surface area contributed by atoms with Crippen molar-refractivity contribution in [3.8, 4) is 0 Å². The van der Waals surface area contributed by atoms with Gasteiger partial charge >= 0.3 is 0 Å². The third kappa shape index (κ3) is 2.83. The Balaban J connectivity index is 1.65. The lowest BCUT2D eigenvalue weighted by atomic mass is 10.1. The van der Waals surface area contributed by atoms with Crippen LogP contribution < -0.4 is 5.32 Å². The molecular formula is C16H16N2O. The second-order valence-corrected chi connectivity index (χ2v) is 4.72. The van der Waals surface area contributed by atoms with Crippen LogP contribution in [0.2, 0.25) is 0 Å². The maximum Gasteiger partial charge on any atom is 0.150 e. The molecule has 0 saturated carbocycles. The molecule has 0 spiro atoms. The Morgan fingerprint density at radius 1 is 1.00 bits per heavy atom. The Bertz CT molecular complexity index is 688. The fourth-order valence-electron chi connectivity index (χ4n) is 2.18. The third-order valence-electron chi connectivity index (χ3n) is 3.12. The minimum atomic E-state index is 0.702. The van der Waals surface area contributed by atoms with Gasteiger partial charge in [-0.25, -0.2) is 0 Å². The lowest BCUT2D eigenvalue weighted by Gasteiger charge is -2.04. The predicted molar refractivity (Wildman–Crippen MR) is 75.7 cm³/mol. The molecule has 0 aliphatic carbocycles. The van der Waals surface area contributed by atoms with E-state index < -0.39 is 0 Å². The highest BCUT2D eigenvalue weighted by atomic mass is 16.5. The second kappa shape index (κ2) is 5.24. The average molecular weight is 252 g/mol. The minimum absolute atomic E-state index is 0.702. The summed E-state index contributed by atoms with van der Waals surface area (Å²) in [5.41, 5.74) is 2.19. The van der Waals surface area contributed by atoms with E-state index in [0.29, 0.717) is 6.54 Å². The van der Waals surface area contributed by atoms with Crippen molar-refractivity contribution in [3.05, 3.63) is 65.5 Å². The highest BCUT2D eigenvalue weighted by Gasteiger charge is 2.00. The number of hydrogen-bond donors (Lipinski definition) is 1. The lowest BCUT2D eigenvalue weighted by molar-refractivity contribution is 0.369. The number of fused-ring (bicyclic) bond motifs is 1. The van der Waals surface area contributed by atoms with E-state index >= 15 is 0 Å². The van der Waals surface area contributed by atoms with Crippen molar-refractivity contribution in [2.75, 3.05) is 0 Å². The summed E-state index contributed by atoms with van der Waals surface area (Å²) in [6.07, 6.45) is 0. The first-order chi connectivity index (χ1) is 9.31. The number of hydrogen-bond acceptors (Lipinski definition) is 3. The van der Waals surface area contributed by atoms with Crippen LogP contribution in [0.3, 0.4) is 0 Å². The van der Waals surface area contributed by atoms with Gasteiger partial charge in [0, 0.05) is 12.6 Å². The van der Waals surface area contributed by atoms with Crippen molar-refractivity contribution in [2.24, 2.45) is 0 Å². The fraction of sp³-hybridized carbons (Fsp3) is 0.188. The van der Waals surface area contributed by atoms with Gasteiger partial charge < -0.3 is 9.84 Å². The first-order valence-electron chi connectivity index (χ1n) is 6.42. The highest BCUT2D eigenvalue weighted by molar-refractivity contribution is 5.82. The molecular weight excluding hydrogens is 236 g/mol. The van der Waals surface area contributed by atoms with E-state index in [0.717, 1.165) is 18.0 Å². The van der Waals surface area contributed by atoms with E-state index in [2.05, 4.69) is 52.9 Å². The first kappa shape index (κ1) is 11.9. The molecule has 0 bridgehead atoms. The molecule has 1 aromatic heterocycles. The van der Waals surface area contributed by atoms with Crippen molar-refractivity contribution in [1.82, 2.24) is 10.5 Å². The van der Waals surface area contributed by atoms with E-state index in [1.54, 1.807) is 0 Å². The number of nitrogens with one attached hydrogen (secondary N) is 1. The Kier molecular flexibility index (Phi) is 3.29. The molecule has 1 N–H and O–H groups in total. The molecule has 0 aliphatic heterocycles. The molecule has 0 saturated heterocycles. The van der Waals surface area contributed by atoms with Gasteiger partial charge in [0.1, 0.15) is 0 Å².